The number of likely N-dealkylation sites (tertiary alicyclic amines) is 1. The third-order valence-corrected chi connectivity index (χ3v) is 4.45. The quantitative estimate of drug-likeness (QED) is 0.788. The van der Waals surface area contributed by atoms with Crippen molar-refractivity contribution in [1.82, 2.24) is 10.2 Å². The minimum atomic E-state index is -0.282. The molecule has 1 amide bonds. The highest BCUT2D eigenvalue weighted by Gasteiger charge is 2.33. The Kier molecular flexibility index (Phi) is 4.78. The van der Waals surface area contributed by atoms with Crippen LogP contribution in [0.15, 0.2) is 0 Å². The molecule has 1 unspecified atom stereocenters. The Morgan fingerprint density at radius 3 is 2.74 bits per heavy atom. The molecule has 2 fully saturated rings. The molecule has 2 N–H and O–H groups in total. The number of nitrogens with one attached hydrogen (secondary N) is 1. The first kappa shape index (κ1) is 14.3. The fraction of sp³-hybridized carbons (Fsp3) is 0.857. The van der Waals surface area contributed by atoms with Gasteiger partial charge in [-0.3, -0.25) is 4.79 Å². The fourth-order valence-corrected chi connectivity index (χ4v) is 3.18. The van der Waals surface area contributed by atoms with Crippen molar-refractivity contribution in [3.63, 3.8) is 0 Å². The molecule has 1 atom stereocenters. The molecule has 106 valence electrons. The number of rotatable bonds is 4. The summed E-state index contributed by atoms with van der Waals surface area (Å²) in [4.78, 5) is 13.8. The lowest BCUT2D eigenvalue weighted by Crippen LogP contribution is -2.53. The van der Waals surface area contributed by atoms with Gasteiger partial charge >= 0.3 is 0 Å². The Bertz CT molecular complexity index is 358. The zero-order valence-corrected chi connectivity index (χ0v) is 11.4. The number of nitrogens with zero attached hydrogens (tertiary/aromatic N) is 2. The maximum absolute atomic E-state index is 12.1. The summed E-state index contributed by atoms with van der Waals surface area (Å²) < 4.78 is 0. The van der Waals surface area contributed by atoms with Crippen LogP contribution in [0.5, 0.6) is 0 Å². The van der Waals surface area contributed by atoms with Crippen molar-refractivity contribution in [2.24, 2.45) is 0 Å². The van der Waals surface area contributed by atoms with Gasteiger partial charge in [0.15, 0.2) is 0 Å². The van der Waals surface area contributed by atoms with E-state index in [2.05, 4.69) is 11.4 Å². The molecule has 19 heavy (non-hydrogen) atoms. The van der Waals surface area contributed by atoms with Crippen molar-refractivity contribution in [3.8, 4) is 6.07 Å². The van der Waals surface area contributed by atoms with Crippen LogP contribution in [0.4, 0.5) is 0 Å². The highest BCUT2D eigenvalue weighted by molar-refractivity contribution is 5.79. The van der Waals surface area contributed by atoms with Crippen molar-refractivity contribution in [2.75, 3.05) is 19.7 Å². The molecule has 0 bridgehead atoms. The van der Waals surface area contributed by atoms with E-state index >= 15 is 0 Å². The fourth-order valence-electron chi connectivity index (χ4n) is 3.18. The van der Waals surface area contributed by atoms with E-state index in [4.69, 9.17) is 5.26 Å². The van der Waals surface area contributed by atoms with Gasteiger partial charge in [-0.2, -0.15) is 5.26 Å². The maximum Gasteiger partial charge on any atom is 0.237 e. The zero-order chi connectivity index (χ0) is 13.7. The Morgan fingerprint density at radius 2 is 2.11 bits per heavy atom. The predicted octanol–water partition coefficient (Wildman–Crippen LogP) is 0.786. The van der Waals surface area contributed by atoms with Gasteiger partial charge in [0.2, 0.25) is 5.91 Å². The summed E-state index contributed by atoms with van der Waals surface area (Å²) in [6, 6.07) is 1.93. The molecule has 1 saturated heterocycles. The molecular weight excluding hydrogens is 242 g/mol. The van der Waals surface area contributed by atoms with Crippen LogP contribution in [-0.4, -0.2) is 47.2 Å². The van der Waals surface area contributed by atoms with Gasteiger partial charge in [-0.05, 0) is 25.7 Å². The van der Waals surface area contributed by atoms with E-state index in [1.807, 2.05) is 0 Å². The molecule has 0 aromatic heterocycles. The molecule has 1 saturated carbocycles. The van der Waals surface area contributed by atoms with Gasteiger partial charge < -0.3 is 15.3 Å². The second-order valence-electron chi connectivity index (χ2n) is 5.73. The van der Waals surface area contributed by atoms with Gasteiger partial charge in [-0.15, -0.1) is 0 Å². The standard InChI is InChI=1S/C14H23N3O2/c15-9-12-5-4-8-17(12)13(19)10-16-14(11-18)6-2-1-3-7-14/h12,16,18H,1-8,10-11H2. The first-order chi connectivity index (χ1) is 9.21. The zero-order valence-electron chi connectivity index (χ0n) is 11.4. The van der Waals surface area contributed by atoms with Gasteiger partial charge in [0.25, 0.3) is 0 Å². The molecule has 0 spiro atoms. The second-order valence-corrected chi connectivity index (χ2v) is 5.73. The summed E-state index contributed by atoms with van der Waals surface area (Å²) in [5.41, 5.74) is -0.282. The molecule has 2 aliphatic rings. The third-order valence-electron chi connectivity index (χ3n) is 4.45. The summed E-state index contributed by atoms with van der Waals surface area (Å²) in [5.74, 6) is -0.0116. The van der Waals surface area contributed by atoms with E-state index in [1.165, 1.54) is 6.42 Å². The van der Waals surface area contributed by atoms with Crippen LogP contribution in [0, 0.1) is 11.3 Å². The molecule has 1 heterocycles. The maximum atomic E-state index is 12.1. The lowest BCUT2D eigenvalue weighted by Gasteiger charge is -2.37. The number of aliphatic hydroxyl groups excluding tert-OH is 1. The molecule has 5 nitrogen and oxygen atoms in total. The summed E-state index contributed by atoms with van der Waals surface area (Å²) in [5, 5.41) is 21.8. The summed E-state index contributed by atoms with van der Waals surface area (Å²) in [6.07, 6.45) is 6.97. The molecule has 5 heteroatoms. The van der Waals surface area contributed by atoms with E-state index in [-0.39, 0.29) is 30.6 Å². The Morgan fingerprint density at radius 1 is 1.37 bits per heavy atom. The first-order valence-corrected chi connectivity index (χ1v) is 7.26. The average molecular weight is 265 g/mol. The average Bonchev–Trinajstić information content (AvgIpc) is 2.94. The monoisotopic (exact) mass is 265 g/mol. The Balaban J connectivity index is 1.87. The molecule has 2 rings (SSSR count). The lowest BCUT2D eigenvalue weighted by molar-refractivity contribution is -0.130. The number of carbonyl (C=O) groups is 1. The van der Waals surface area contributed by atoms with Crippen LogP contribution in [-0.2, 0) is 4.79 Å². The van der Waals surface area contributed by atoms with E-state index in [0.29, 0.717) is 6.54 Å². The summed E-state index contributed by atoms with van der Waals surface area (Å²) >= 11 is 0. The lowest BCUT2D eigenvalue weighted by atomic mass is 9.82. The molecule has 1 aliphatic carbocycles. The number of nitriles is 1. The van der Waals surface area contributed by atoms with Gasteiger partial charge in [0, 0.05) is 12.1 Å². The summed E-state index contributed by atoms with van der Waals surface area (Å²) in [7, 11) is 0. The van der Waals surface area contributed by atoms with E-state index < -0.39 is 0 Å². The molecule has 1 aliphatic heterocycles. The highest BCUT2D eigenvalue weighted by Crippen LogP contribution is 2.27. The molecule has 0 aromatic carbocycles. The van der Waals surface area contributed by atoms with Crippen LogP contribution in [0.25, 0.3) is 0 Å². The summed E-state index contributed by atoms with van der Waals surface area (Å²) in [6.45, 7) is 1.01. The first-order valence-electron chi connectivity index (χ1n) is 7.26. The van der Waals surface area contributed by atoms with Crippen LogP contribution >= 0.6 is 0 Å². The highest BCUT2D eigenvalue weighted by atomic mass is 16.3. The topological polar surface area (TPSA) is 76.4 Å². The van der Waals surface area contributed by atoms with E-state index in [0.717, 1.165) is 38.5 Å². The molecule has 0 radical (unpaired) electrons. The largest absolute Gasteiger partial charge is 0.394 e. The second kappa shape index (κ2) is 6.36. The Labute approximate surface area is 114 Å². The number of amides is 1. The Hall–Kier alpha value is -1.12. The van der Waals surface area contributed by atoms with Crippen LogP contribution in [0.2, 0.25) is 0 Å². The number of aliphatic hydroxyl groups is 1. The predicted molar refractivity (Wildman–Crippen MR) is 71.3 cm³/mol. The van der Waals surface area contributed by atoms with E-state index in [9.17, 15) is 9.90 Å². The van der Waals surface area contributed by atoms with Gasteiger partial charge in [-0.25, -0.2) is 0 Å². The van der Waals surface area contributed by atoms with Crippen molar-refractivity contribution in [3.05, 3.63) is 0 Å². The van der Waals surface area contributed by atoms with Crippen molar-refractivity contribution >= 4 is 5.91 Å². The van der Waals surface area contributed by atoms with Crippen LogP contribution in [0.1, 0.15) is 44.9 Å². The van der Waals surface area contributed by atoms with Gasteiger partial charge in [-0.1, -0.05) is 19.3 Å². The minimum absolute atomic E-state index is 0.0116. The van der Waals surface area contributed by atoms with E-state index in [1.54, 1.807) is 4.90 Å². The van der Waals surface area contributed by atoms with Crippen LogP contribution < -0.4 is 5.32 Å². The normalized spacial score (nSPS) is 26.1. The molecule has 0 aromatic rings. The SMILES string of the molecule is N#CC1CCCN1C(=O)CNC1(CO)CCCCC1. The van der Waals surface area contributed by atoms with Crippen molar-refractivity contribution in [2.45, 2.75) is 56.5 Å². The molecular formula is C14H23N3O2. The van der Waals surface area contributed by atoms with Gasteiger partial charge in [0.05, 0.1) is 19.2 Å². The van der Waals surface area contributed by atoms with Crippen molar-refractivity contribution in [1.29, 1.82) is 5.26 Å². The third kappa shape index (κ3) is 3.26. The number of hydrogen-bond donors (Lipinski definition) is 2. The van der Waals surface area contributed by atoms with Crippen molar-refractivity contribution < 1.29 is 9.90 Å². The van der Waals surface area contributed by atoms with Gasteiger partial charge in [0.1, 0.15) is 6.04 Å². The number of carbonyl (C=O) groups excluding carboxylic acids is 1. The van der Waals surface area contributed by atoms with Crippen LogP contribution in [0.3, 0.4) is 0 Å². The minimum Gasteiger partial charge on any atom is -0.394 e. The smallest absolute Gasteiger partial charge is 0.237 e. The number of hydrogen-bond acceptors (Lipinski definition) is 4.